The Bertz CT molecular complexity index is 712. The second kappa shape index (κ2) is 6.69. The van der Waals surface area contributed by atoms with Gasteiger partial charge < -0.3 is 4.57 Å². The third-order valence-corrected chi connectivity index (χ3v) is 2.93. The first-order chi connectivity index (χ1) is 10.4. The van der Waals surface area contributed by atoms with E-state index in [4.69, 9.17) is 11.6 Å². The van der Waals surface area contributed by atoms with Crippen molar-refractivity contribution in [1.82, 2.24) is 9.55 Å². The lowest BCUT2D eigenvalue weighted by Gasteiger charge is -2.11. The molecule has 0 aliphatic carbocycles. The summed E-state index contributed by atoms with van der Waals surface area (Å²) in [6.07, 6.45) is -4.40. The molecule has 22 heavy (non-hydrogen) atoms. The van der Waals surface area contributed by atoms with Gasteiger partial charge in [-0.05, 0) is 28.9 Å². The summed E-state index contributed by atoms with van der Waals surface area (Å²) in [6, 6.07) is 7.79. The van der Waals surface area contributed by atoms with Crippen molar-refractivity contribution in [2.75, 3.05) is 0 Å². The van der Waals surface area contributed by atoms with Gasteiger partial charge in [0.2, 0.25) is 0 Å². The predicted octanol–water partition coefficient (Wildman–Crippen LogP) is 3.14. The van der Waals surface area contributed by atoms with E-state index in [2.05, 4.69) is 9.98 Å². The molecular formula is C13H10ClF3N4O. The van der Waals surface area contributed by atoms with Crippen LogP contribution in [0, 0.1) is 4.91 Å². The zero-order valence-corrected chi connectivity index (χ0v) is 11.8. The average molecular weight is 331 g/mol. The molecule has 2 heterocycles. The van der Waals surface area contributed by atoms with Crippen LogP contribution in [0.3, 0.4) is 0 Å². The Morgan fingerprint density at radius 1 is 1.27 bits per heavy atom. The van der Waals surface area contributed by atoms with Crippen LogP contribution in [0.15, 0.2) is 52.9 Å². The number of hydrogen-bond donors (Lipinski definition) is 0. The SMILES string of the molecule is O=NC(N=c1ccccn1Cc1ccc(Cl)nc1)C(F)(F)F. The van der Waals surface area contributed by atoms with E-state index in [0.29, 0.717) is 5.15 Å². The molecule has 116 valence electrons. The molecule has 0 saturated carbocycles. The molecule has 2 aromatic heterocycles. The lowest BCUT2D eigenvalue weighted by molar-refractivity contribution is -0.146. The van der Waals surface area contributed by atoms with E-state index in [1.54, 1.807) is 24.4 Å². The molecule has 2 aromatic rings. The minimum Gasteiger partial charge on any atom is -0.329 e. The predicted molar refractivity (Wildman–Crippen MR) is 74.0 cm³/mol. The first-order valence-corrected chi connectivity index (χ1v) is 6.47. The number of nitrogens with zero attached hydrogens (tertiary/aromatic N) is 4. The monoisotopic (exact) mass is 330 g/mol. The van der Waals surface area contributed by atoms with Crippen LogP contribution in [-0.2, 0) is 6.54 Å². The Morgan fingerprint density at radius 3 is 2.64 bits per heavy atom. The summed E-state index contributed by atoms with van der Waals surface area (Å²) in [5.41, 5.74) is 0.707. The van der Waals surface area contributed by atoms with Gasteiger partial charge in [-0.15, -0.1) is 4.91 Å². The Hall–Kier alpha value is -2.22. The van der Waals surface area contributed by atoms with E-state index in [1.807, 2.05) is 5.18 Å². The average Bonchev–Trinajstić information content (AvgIpc) is 2.47. The number of halogens is 4. The second-order valence-electron chi connectivity index (χ2n) is 4.33. The summed E-state index contributed by atoms with van der Waals surface area (Å²) < 4.78 is 39.2. The summed E-state index contributed by atoms with van der Waals surface area (Å²) in [5.74, 6) is 0. The number of nitroso groups, excluding NO2 is 1. The first-order valence-electron chi connectivity index (χ1n) is 6.09. The minimum atomic E-state index is -4.82. The zero-order chi connectivity index (χ0) is 16.2. The van der Waals surface area contributed by atoms with Gasteiger partial charge in [-0.1, -0.05) is 23.7 Å². The maximum absolute atomic E-state index is 12.6. The number of hydrogen-bond acceptors (Lipinski definition) is 4. The van der Waals surface area contributed by atoms with Crippen molar-refractivity contribution in [3.05, 3.63) is 63.8 Å². The van der Waals surface area contributed by atoms with Crippen molar-refractivity contribution < 1.29 is 13.2 Å². The number of aromatic nitrogens is 2. The van der Waals surface area contributed by atoms with Gasteiger partial charge in [0.05, 0.1) is 6.54 Å². The Morgan fingerprint density at radius 2 is 2.05 bits per heavy atom. The van der Waals surface area contributed by atoms with Crippen molar-refractivity contribution in [2.24, 2.45) is 10.2 Å². The molecule has 5 nitrogen and oxygen atoms in total. The van der Waals surface area contributed by atoms with E-state index in [1.165, 1.54) is 22.9 Å². The van der Waals surface area contributed by atoms with Gasteiger partial charge in [0.25, 0.3) is 6.17 Å². The van der Waals surface area contributed by atoms with E-state index in [9.17, 15) is 18.1 Å². The molecule has 0 saturated heterocycles. The highest BCUT2D eigenvalue weighted by Crippen LogP contribution is 2.23. The van der Waals surface area contributed by atoms with E-state index in [-0.39, 0.29) is 12.0 Å². The fourth-order valence-corrected chi connectivity index (χ4v) is 1.81. The summed E-state index contributed by atoms with van der Waals surface area (Å²) in [7, 11) is 0. The van der Waals surface area contributed by atoms with Crippen LogP contribution >= 0.6 is 11.6 Å². The molecule has 1 unspecified atom stereocenters. The van der Waals surface area contributed by atoms with Crippen molar-refractivity contribution in [3.63, 3.8) is 0 Å². The standard InChI is InChI=1S/C13H10ClF3N4O/c14-10-5-4-9(7-18-10)8-21-6-2-1-3-11(21)19-12(20-22)13(15,16)17/h1-7,12H,8H2. The van der Waals surface area contributed by atoms with Crippen LogP contribution in [0.2, 0.25) is 5.15 Å². The van der Waals surface area contributed by atoms with Gasteiger partial charge in [0, 0.05) is 12.4 Å². The molecule has 1 atom stereocenters. The second-order valence-corrected chi connectivity index (χ2v) is 4.71. The van der Waals surface area contributed by atoms with Gasteiger partial charge in [-0.2, -0.15) is 13.2 Å². The molecule has 0 N–H and O–H groups in total. The molecule has 0 amide bonds. The molecule has 0 aromatic carbocycles. The number of alkyl halides is 3. The van der Waals surface area contributed by atoms with Gasteiger partial charge >= 0.3 is 6.18 Å². The molecular weight excluding hydrogens is 321 g/mol. The third kappa shape index (κ3) is 4.14. The maximum atomic E-state index is 12.6. The first kappa shape index (κ1) is 16.2. The third-order valence-electron chi connectivity index (χ3n) is 2.71. The van der Waals surface area contributed by atoms with Crippen molar-refractivity contribution in [2.45, 2.75) is 18.9 Å². The molecule has 0 radical (unpaired) electrons. The minimum absolute atomic E-state index is 0.0145. The molecule has 2 rings (SSSR count). The molecule has 0 spiro atoms. The van der Waals surface area contributed by atoms with Crippen molar-refractivity contribution in [3.8, 4) is 0 Å². The Kier molecular flexibility index (Phi) is 4.92. The molecule has 0 aliphatic heterocycles. The van der Waals surface area contributed by atoms with Gasteiger partial charge in [-0.25, -0.2) is 9.98 Å². The maximum Gasteiger partial charge on any atom is 0.434 e. The van der Waals surface area contributed by atoms with E-state index < -0.39 is 12.3 Å². The normalized spacial score (nSPS) is 13.9. The highest BCUT2D eigenvalue weighted by molar-refractivity contribution is 6.29. The Balaban J connectivity index is 2.38. The summed E-state index contributed by atoms with van der Waals surface area (Å²) in [5, 5.41) is 2.34. The zero-order valence-electron chi connectivity index (χ0n) is 11.0. The van der Waals surface area contributed by atoms with Gasteiger partial charge in [0.15, 0.2) is 0 Å². The van der Waals surface area contributed by atoms with Crippen LogP contribution < -0.4 is 5.49 Å². The largest absolute Gasteiger partial charge is 0.434 e. The van der Waals surface area contributed by atoms with Gasteiger partial charge in [0.1, 0.15) is 10.6 Å². The molecule has 9 heteroatoms. The number of pyridine rings is 2. The summed E-state index contributed by atoms with van der Waals surface area (Å²) in [6.45, 7) is 0.229. The Labute approximate surface area is 128 Å². The van der Waals surface area contributed by atoms with Crippen LogP contribution in [0.25, 0.3) is 0 Å². The van der Waals surface area contributed by atoms with Crippen LogP contribution in [0.1, 0.15) is 5.56 Å². The van der Waals surface area contributed by atoms with Crippen LogP contribution in [0.4, 0.5) is 13.2 Å². The molecule has 0 bridgehead atoms. The van der Waals surface area contributed by atoms with Crippen molar-refractivity contribution in [1.29, 1.82) is 0 Å². The quantitative estimate of drug-likeness (QED) is 0.638. The lowest BCUT2D eigenvalue weighted by Crippen LogP contribution is -2.30. The topological polar surface area (TPSA) is 59.6 Å². The van der Waals surface area contributed by atoms with Crippen molar-refractivity contribution >= 4 is 11.6 Å². The smallest absolute Gasteiger partial charge is 0.329 e. The summed E-state index contributed by atoms with van der Waals surface area (Å²) in [4.78, 5) is 17.6. The summed E-state index contributed by atoms with van der Waals surface area (Å²) >= 11 is 5.68. The van der Waals surface area contributed by atoms with E-state index >= 15 is 0 Å². The highest BCUT2D eigenvalue weighted by atomic mass is 35.5. The van der Waals surface area contributed by atoms with Crippen LogP contribution in [-0.4, -0.2) is 21.9 Å². The molecule has 0 fully saturated rings. The number of rotatable bonds is 4. The van der Waals surface area contributed by atoms with E-state index in [0.717, 1.165) is 5.56 Å². The fourth-order valence-electron chi connectivity index (χ4n) is 1.70. The fraction of sp³-hybridized carbons (Fsp3) is 0.231. The highest BCUT2D eigenvalue weighted by Gasteiger charge is 2.41. The van der Waals surface area contributed by atoms with Crippen LogP contribution in [0.5, 0.6) is 0 Å². The van der Waals surface area contributed by atoms with Gasteiger partial charge in [-0.3, -0.25) is 0 Å². The molecule has 0 aliphatic rings. The lowest BCUT2D eigenvalue weighted by atomic mass is 10.3.